The minimum Gasteiger partial charge on any atom is -0.489 e. The summed E-state index contributed by atoms with van der Waals surface area (Å²) in [7, 11) is 0. The number of fused-ring (bicyclic) bond motifs is 3. The van der Waals surface area contributed by atoms with E-state index in [0.29, 0.717) is 18.5 Å². The Kier molecular flexibility index (Phi) is 6.64. The average molecular weight is 445 g/mol. The molecule has 4 aliphatic rings. The molecule has 0 aromatic heterocycles. The number of benzene rings is 1. The van der Waals surface area contributed by atoms with Gasteiger partial charge in [-0.3, -0.25) is 4.79 Å². The highest BCUT2D eigenvalue weighted by Gasteiger charge is 2.53. The summed E-state index contributed by atoms with van der Waals surface area (Å²) >= 11 is 0. The van der Waals surface area contributed by atoms with Crippen LogP contribution in [-0.4, -0.2) is 37.3 Å². The van der Waals surface area contributed by atoms with E-state index < -0.39 is 0 Å². The van der Waals surface area contributed by atoms with Crippen LogP contribution in [0, 0.1) is 5.41 Å². The number of amides is 1. The molecular weight excluding hydrogens is 407 g/mol. The van der Waals surface area contributed by atoms with Crippen molar-refractivity contribution < 1.29 is 18.7 Å². The van der Waals surface area contributed by atoms with Crippen molar-refractivity contribution in [2.24, 2.45) is 11.1 Å². The molecular formula is C26H37FN2O3. The maximum Gasteiger partial charge on any atom is 0.226 e. The van der Waals surface area contributed by atoms with Gasteiger partial charge in [0.05, 0.1) is 24.6 Å². The monoisotopic (exact) mass is 444 g/mol. The zero-order valence-corrected chi connectivity index (χ0v) is 19.4. The molecule has 0 radical (unpaired) electrons. The summed E-state index contributed by atoms with van der Waals surface area (Å²) in [5.41, 5.74) is 7.10. The first-order chi connectivity index (χ1) is 15.3. The summed E-state index contributed by atoms with van der Waals surface area (Å²) in [5.74, 6) is 0.954. The van der Waals surface area contributed by atoms with Crippen molar-refractivity contribution in [3.8, 4) is 5.75 Å². The predicted molar refractivity (Wildman–Crippen MR) is 123 cm³/mol. The van der Waals surface area contributed by atoms with Crippen LogP contribution < -0.4 is 15.8 Å². The Morgan fingerprint density at radius 3 is 2.34 bits per heavy atom. The van der Waals surface area contributed by atoms with Gasteiger partial charge < -0.3 is 20.5 Å². The highest BCUT2D eigenvalue weighted by molar-refractivity contribution is 5.83. The number of carbonyl (C=O) groups excluding carboxylic acids is 1. The molecule has 176 valence electrons. The van der Waals surface area contributed by atoms with Crippen LogP contribution >= 0.6 is 0 Å². The van der Waals surface area contributed by atoms with Crippen LogP contribution in [0.2, 0.25) is 0 Å². The molecule has 1 unspecified atom stereocenters. The molecule has 32 heavy (non-hydrogen) atoms. The number of nitrogens with one attached hydrogen (secondary N) is 1. The fourth-order valence-corrected chi connectivity index (χ4v) is 5.63. The van der Waals surface area contributed by atoms with Gasteiger partial charge in [-0.25, -0.2) is 4.39 Å². The smallest absolute Gasteiger partial charge is 0.226 e. The third-order valence-corrected chi connectivity index (χ3v) is 8.14. The second-order valence-electron chi connectivity index (χ2n) is 10.6. The van der Waals surface area contributed by atoms with Crippen LogP contribution in [0.15, 0.2) is 36.2 Å². The Labute approximate surface area is 190 Å². The summed E-state index contributed by atoms with van der Waals surface area (Å²) in [4.78, 5) is 13.2. The lowest BCUT2D eigenvalue weighted by Gasteiger charge is -2.53. The van der Waals surface area contributed by atoms with Crippen molar-refractivity contribution in [3.05, 3.63) is 41.7 Å². The van der Waals surface area contributed by atoms with E-state index in [9.17, 15) is 9.18 Å². The Bertz CT molecular complexity index is 815. The zero-order valence-electron chi connectivity index (χ0n) is 19.4. The molecule has 1 saturated heterocycles. The molecule has 1 amide bonds. The van der Waals surface area contributed by atoms with Crippen LogP contribution in [0.4, 0.5) is 4.39 Å². The second-order valence-corrected chi connectivity index (χ2v) is 10.6. The van der Waals surface area contributed by atoms with Gasteiger partial charge in [0.2, 0.25) is 5.91 Å². The number of rotatable bonds is 7. The van der Waals surface area contributed by atoms with E-state index in [1.807, 2.05) is 12.1 Å². The first-order valence-corrected chi connectivity index (χ1v) is 12.0. The molecule has 1 aliphatic heterocycles. The zero-order chi connectivity index (χ0) is 22.8. The third-order valence-electron chi connectivity index (χ3n) is 8.14. The molecule has 0 spiro atoms. The van der Waals surface area contributed by atoms with E-state index in [2.05, 4.69) is 31.3 Å². The number of nitrogens with two attached hydrogens (primary N) is 1. The normalized spacial score (nSPS) is 31.9. The van der Waals surface area contributed by atoms with Gasteiger partial charge in [0.15, 0.2) is 0 Å². The van der Waals surface area contributed by atoms with Gasteiger partial charge in [-0.05, 0) is 88.3 Å². The highest BCUT2D eigenvalue weighted by atomic mass is 19.1. The van der Waals surface area contributed by atoms with E-state index in [-0.39, 0.29) is 41.5 Å². The fraction of sp³-hybridized carbons (Fsp3) is 0.654. The standard InChI is InChI=1S/C26H37FN2O3/c1-24(2)8-7-21(18-32-24)29-23(30)26-12-9-25(10-13-26,11-14-26)20-3-5-22(6-4-20)31-17-19(15-27)16-28/h3-6,15,21H,7-14,16-18,28H2,1-2H3,(H,29,30). The maximum absolute atomic E-state index is 13.2. The quantitative estimate of drug-likeness (QED) is 0.647. The largest absolute Gasteiger partial charge is 0.489 e. The molecule has 3 N–H and O–H groups in total. The lowest BCUT2D eigenvalue weighted by atomic mass is 9.51. The molecule has 2 bridgehead atoms. The molecule has 1 aromatic rings. The van der Waals surface area contributed by atoms with E-state index in [0.717, 1.165) is 57.1 Å². The summed E-state index contributed by atoms with van der Waals surface area (Å²) < 4.78 is 24.2. The molecule has 1 atom stereocenters. The highest BCUT2D eigenvalue weighted by Crippen LogP contribution is 2.58. The molecule has 4 fully saturated rings. The molecule has 1 aromatic carbocycles. The van der Waals surface area contributed by atoms with Crippen molar-refractivity contribution in [3.63, 3.8) is 0 Å². The minimum absolute atomic E-state index is 0.0773. The van der Waals surface area contributed by atoms with Crippen molar-refractivity contribution in [1.82, 2.24) is 5.32 Å². The van der Waals surface area contributed by atoms with E-state index in [1.54, 1.807) is 0 Å². The summed E-state index contributed by atoms with van der Waals surface area (Å²) in [6.45, 7) is 5.16. The van der Waals surface area contributed by atoms with Gasteiger partial charge in [-0.15, -0.1) is 0 Å². The van der Waals surface area contributed by atoms with Crippen molar-refractivity contribution in [1.29, 1.82) is 0 Å². The van der Waals surface area contributed by atoms with Gasteiger partial charge in [-0.1, -0.05) is 12.1 Å². The van der Waals surface area contributed by atoms with Crippen LogP contribution in [0.1, 0.15) is 70.8 Å². The number of carbonyl (C=O) groups is 1. The van der Waals surface area contributed by atoms with Gasteiger partial charge in [0.1, 0.15) is 12.4 Å². The predicted octanol–water partition coefficient (Wildman–Crippen LogP) is 4.54. The van der Waals surface area contributed by atoms with Crippen molar-refractivity contribution in [2.45, 2.75) is 82.3 Å². The SMILES string of the molecule is CC1(C)CCC(NC(=O)C23CCC(c4ccc(OCC(=CF)CN)cc4)(CC2)CC3)CO1. The van der Waals surface area contributed by atoms with Crippen LogP contribution in [0.3, 0.4) is 0 Å². The molecule has 1 heterocycles. The number of hydrogen-bond acceptors (Lipinski definition) is 4. The minimum atomic E-state index is -0.213. The van der Waals surface area contributed by atoms with Gasteiger partial charge in [-0.2, -0.15) is 0 Å². The van der Waals surface area contributed by atoms with Crippen LogP contribution in [-0.2, 0) is 14.9 Å². The summed E-state index contributed by atoms with van der Waals surface area (Å²) in [6.07, 6.45) is 8.42. The van der Waals surface area contributed by atoms with Crippen LogP contribution in [0.5, 0.6) is 5.75 Å². The number of ether oxygens (including phenoxy) is 2. The van der Waals surface area contributed by atoms with Gasteiger partial charge in [0.25, 0.3) is 0 Å². The first-order valence-electron chi connectivity index (χ1n) is 12.0. The van der Waals surface area contributed by atoms with E-state index in [4.69, 9.17) is 15.2 Å². The third kappa shape index (κ3) is 4.72. The second kappa shape index (κ2) is 9.14. The molecule has 6 heteroatoms. The average Bonchev–Trinajstić information content (AvgIpc) is 2.82. The Morgan fingerprint density at radius 1 is 1.16 bits per heavy atom. The van der Waals surface area contributed by atoms with E-state index in [1.165, 1.54) is 5.56 Å². The Morgan fingerprint density at radius 2 is 1.81 bits per heavy atom. The fourth-order valence-electron chi connectivity index (χ4n) is 5.63. The lowest BCUT2D eigenvalue weighted by molar-refractivity contribution is -0.141. The Balaban J connectivity index is 1.34. The number of halogens is 1. The molecule has 3 aliphatic carbocycles. The Hall–Kier alpha value is -1.92. The summed E-state index contributed by atoms with van der Waals surface area (Å²) in [6, 6.07) is 8.33. The maximum atomic E-state index is 13.2. The lowest BCUT2D eigenvalue weighted by Crippen LogP contribution is -2.55. The van der Waals surface area contributed by atoms with Crippen molar-refractivity contribution in [2.75, 3.05) is 19.8 Å². The van der Waals surface area contributed by atoms with Crippen LogP contribution in [0.25, 0.3) is 0 Å². The summed E-state index contributed by atoms with van der Waals surface area (Å²) in [5, 5.41) is 3.31. The van der Waals surface area contributed by atoms with E-state index >= 15 is 0 Å². The van der Waals surface area contributed by atoms with Gasteiger partial charge in [0, 0.05) is 17.5 Å². The molecule has 3 saturated carbocycles. The topological polar surface area (TPSA) is 73.6 Å². The number of hydrogen-bond donors (Lipinski definition) is 2. The molecule has 5 nitrogen and oxygen atoms in total. The first kappa shape index (κ1) is 23.2. The van der Waals surface area contributed by atoms with Crippen molar-refractivity contribution >= 4 is 5.91 Å². The molecule has 5 rings (SSSR count). The van der Waals surface area contributed by atoms with Gasteiger partial charge >= 0.3 is 0 Å².